The third-order valence-electron chi connectivity index (χ3n) is 11.3. The van der Waals surface area contributed by atoms with Gasteiger partial charge in [0, 0.05) is 16.2 Å². The van der Waals surface area contributed by atoms with Gasteiger partial charge < -0.3 is 0 Å². The maximum absolute atomic E-state index is 4.78. The molecule has 0 fully saturated rings. The van der Waals surface area contributed by atoms with Crippen LogP contribution < -0.4 is 0 Å². The van der Waals surface area contributed by atoms with E-state index in [9.17, 15) is 0 Å². The van der Waals surface area contributed by atoms with E-state index in [1.165, 1.54) is 94.6 Å². The zero-order chi connectivity index (χ0) is 35.2. The Bertz CT molecular complexity index is 2680. The lowest BCUT2D eigenvalue weighted by Crippen LogP contribution is -2.17. The SMILES string of the molecule is CC(C)c1ccc2c(c1)c1ccc(-c3cccc(-c4cccc(-c5ccc6c(c5)-c5ccc(C(C)(C)C)cc5C6(C)C)c4)c3)cc1c1nsnc21. The molecule has 51 heavy (non-hydrogen) atoms. The Kier molecular flexibility index (Phi) is 7.15. The van der Waals surface area contributed by atoms with Crippen molar-refractivity contribution in [2.75, 3.05) is 0 Å². The van der Waals surface area contributed by atoms with Gasteiger partial charge in [-0.15, -0.1) is 0 Å². The van der Waals surface area contributed by atoms with E-state index in [1.54, 1.807) is 0 Å². The summed E-state index contributed by atoms with van der Waals surface area (Å²) in [5, 5.41) is 4.82. The van der Waals surface area contributed by atoms with E-state index in [-0.39, 0.29) is 10.8 Å². The molecule has 9 rings (SSSR count). The Labute approximate surface area is 305 Å². The lowest BCUT2D eigenvalue weighted by atomic mass is 9.79. The summed E-state index contributed by atoms with van der Waals surface area (Å²) >= 11 is 1.30. The fourth-order valence-corrected chi connectivity index (χ4v) is 8.78. The maximum Gasteiger partial charge on any atom is 0.113 e. The van der Waals surface area contributed by atoms with E-state index in [0.29, 0.717) is 5.92 Å². The normalized spacial score (nSPS) is 13.7. The van der Waals surface area contributed by atoms with Gasteiger partial charge in [0.15, 0.2) is 0 Å². The summed E-state index contributed by atoms with van der Waals surface area (Å²) in [5.74, 6) is 0.461. The van der Waals surface area contributed by atoms with Crippen LogP contribution in [0.3, 0.4) is 0 Å². The molecule has 1 aliphatic carbocycles. The monoisotopic (exact) mass is 678 g/mol. The van der Waals surface area contributed by atoms with E-state index in [2.05, 4.69) is 170 Å². The van der Waals surface area contributed by atoms with Crippen molar-refractivity contribution in [3.8, 4) is 44.5 Å². The number of fused-ring (bicyclic) bond motifs is 9. The van der Waals surface area contributed by atoms with Crippen molar-refractivity contribution < 1.29 is 0 Å². The van der Waals surface area contributed by atoms with Crippen molar-refractivity contribution in [3.63, 3.8) is 0 Å². The third-order valence-corrected chi connectivity index (χ3v) is 11.8. The van der Waals surface area contributed by atoms with Gasteiger partial charge in [-0.05, 0) is 113 Å². The van der Waals surface area contributed by atoms with Crippen LogP contribution in [0, 0.1) is 0 Å². The van der Waals surface area contributed by atoms with Gasteiger partial charge in [0.05, 0.1) is 11.7 Å². The van der Waals surface area contributed by atoms with Crippen molar-refractivity contribution in [2.45, 2.75) is 65.2 Å². The summed E-state index contributed by atoms with van der Waals surface area (Å²) in [6, 6.07) is 45.8. The predicted octanol–water partition coefficient (Wildman–Crippen LogP) is 13.7. The Hall–Kier alpha value is -5.12. The van der Waals surface area contributed by atoms with Crippen LogP contribution in [0.4, 0.5) is 0 Å². The van der Waals surface area contributed by atoms with Crippen LogP contribution >= 0.6 is 11.7 Å². The summed E-state index contributed by atoms with van der Waals surface area (Å²) in [6.45, 7) is 16.1. The molecule has 7 aromatic carbocycles. The van der Waals surface area contributed by atoms with Crippen molar-refractivity contribution >= 4 is 44.3 Å². The molecular weight excluding hydrogens is 637 g/mol. The number of hydrogen-bond donors (Lipinski definition) is 0. The minimum Gasteiger partial charge on any atom is -0.172 e. The van der Waals surface area contributed by atoms with Crippen molar-refractivity contribution in [3.05, 3.63) is 144 Å². The summed E-state index contributed by atoms with van der Waals surface area (Å²) in [6.07, 6.45) is 0. The molecule has 0 bridgehead atoms. The van der Waals surface area contributed by atoms with Crippen molar-refractivity contribution in [1.29, 1.82) is 0 Å². The largest absolute Gasteiger partial charge is 0.172 e. The first-order valence-electron chi connectivity index (χ1n) is 18.1. The number of benzene rings is 7. The van der Waals surface area contributed by atoms with Crippen LogP contribution in [0.5, 0.6) is 0 Å². The van der Waals surface area contributed by atoms with Crippen molar-refractivity contribution in [1.82, 2.24) is 8.75 Å². The zero-order valence-electron chi connectivity index (χ0n) is 30.4. The second kappa shape index (κ2) is 11.4. The van der Waals surface area contributed by atoms with E-state index >= 15 is 0 Å². The highest BCUT2D eigenvalue weighted by Gasteiger charge is 2.36. The molecule has 1 aromatic heterocycles. The van der Waals surface area contributed by atoms with Gasteiger partial charge in [-0.1, -0.05) is 146 Å². The second-order valence-corrected chi connectivity index (χ2v) is 16.8. The summed E-state index contributed by atoms with van der Waals surface area (Å²) < 4.78 is 9.52. The quantitative estimate of drug-likeness (QED) is 0.173. The molecule has 1 aliphatic rings. The van der Waals surface area contributed by atoms with Gasteiger partial charge in [-0.2, -0.15) is 8.75 Å². The maximum atomic E-state index is 4.78. The zero-order valence-corrected chi connectivity index (χ0v) is 31.2. The lowest BCUT2D eigenvalue weighted by Gasteiger charge is -2.25. The van der Waals surface area contributed by atoms with Gasteiger partial charge in [0.1, 0.15) is 11.0 Å². The predicted molar refractivity (Wildman–Crippen MR) is 219 cm³/mol. The molecule has 0 N–H and O–H groups in total. The molecule has 0 amide bonds. The average Bonchev–Trinajstić information content (AvgIpc) is 3.72. The Morgan fingerprint density at radius 2 is 1.10 bits per heavy atom. The van der Waals surface area contributed by atoms with Crippen LogP contribution in [-0.4, -0.2) is 8.75 Å². The number of nitrogens with zero attached hydrogens (tertiary/aromatic N) is 2. The van der Waals surface area contributed by atoms with Crippen LogP contribution in [0.2, 0.25) is 0 Å². The van der Waals surface area contributed by atoms with E-state index < -0.39 is 0 Å². The van der Waals surface area contributed by atoms with Crippen molar-refractivity contribution in [2.24, 2.45) is 0 Å². The molecule has 0 radical (unpaired) electrons. The number of rotatable bonds is 4. The fraction of sp³-hybridized carbons (Fsp3) is 0.208. The minimum atomic E-state index is -0.0264. The molecular formula is C48H42N2S. The van der Waals surface area contributed by atoms with Gasteiger partial charge in [0.25, 0.3) is 0 Å². The highest BCUT2D eigenvalue weighted by molar-refractivity contribution is 7.00. The summed E-state index contributed by atoms with van der Waals surface area (Å²) in [5.41, 5.74) is 17.6. The van der Waals surface area contributed by atoms with Crippen LogP contribution in [0.25, 0.3) is 77.1 Å². The standard InChI is InChI=1S/C48H42N2S/c1-28(2)29-14-19-39-40(24-29)37-18-15-34(26-42(37)46-45(39)49-51-50-46)32-12-8-10-30(22-32)31-11-9-13-33(23-31)35-16-21-43-41(25-35)38-20-17-36(47(3,4)5)27-44(38)48(43,6)7/h8-28H,1-7H3. The van der Waals surface area contributed by atoms with Gasteiger partial charge in [0.2, 0.25) is 0 Å². The molecule has 3 heteroatoms. The van der Waals surface area contributed by atoms with E-state index in [0.717, 1.165) is 16.4 Å². The minimum absolute atomic E-state index is 0.0264. The molecule has 0 saturated carbocycles. The topological polar surface area (TPSA) is 25.8 Å². The Morgan fingerprint density at radius 1 is 0.510 bits per heavy atom. The van der Waals surface area contributed by atoms with Gasteiger partial charge in [-0.25, -0.2) is 0 Å². The molecule has 0 atom stereocenters. The number of aromatic nitrogens is 2. The molecule has 0 aliphatic heterocycles. The first kappa shape index (κ1) is 31.8. The molecule has 8 aromatic rings. The first-order chi connectivity index (χ1) is 24.5. The van der Waals surface area contributed by atoms with Crippen LogP contribution in [-0.2, 0) is 10.8 Å². The molecule has 250 valence electrons. The fourth-order valence-electron chi connectivity index (χ4n) is 8.20. The second-order valence-electron chi connectivity index (χ2n) is 16.2. The Balaban J connectivity index is 1.10. The molecule has 0 unspecified atom stereocenters. The molecule has 0 saturated heterocycles. The summed E-state index contributed by atoms with van der Waals surface area (Å²) in [7, 11) is 0. The highest BCUT2D eigenvalue weighted by atomic mass is 32.1. The van der Waals surface area contributed by atoms with Crippen LogP contribution in [0.15, 0.2) is 121 Å². The molecule has 2 nitrogen and oxygen atoms in total. The molecule has 1 heterocycles. The third kappa shape index (κ3) is 5.13. The smallest absolute Gasteiger partial charge is 0.113 e. The first-order valence-corrected chi connectivity index (χ1v) is 18.8. The molecule has 0 spiro atoms. The van der Waals surface area contributed by atoms with E-state index in [1.807, 2.05) is 0 Å². The van der Waals surface area contributed by atoms with Crippen LogP contribution in [0.1, 0.15) is 76.6 Å². The highest BCUT2D eigenvalue weighted by Crippen LogP contribution is 2.50. The summed E-state index contributed by atoms with van der Waals surface area (Å²) in [4.78, 5) is 0. The van der Waals surface area contributed by atoms with Gasteiger partial charge >= 0.3 is 0 Å². The Morgan fingerprint density at radius 3 is 1.75 bits per heavy atom. The number of hydrogen-bond acceptors (Lipinski definition) is 3. The van der Waals surface area contributed by atoms with Gasteiger partial charge in [-0.3, -0.25) is 0 Å². The lowest BCUT2D eigenvalue weighted by molar-refractivity contribution is 0.584. The average molecular weight is 679 g/mol. The van der Waals surface area contributed by atoms with E-state index in [4.69, 9.17) is 8.75 Å².